The molecule has 21 heteroatoms. The molecule has 7 fully saturated rings. The number of piperidine rings is 1. The molecule has 6 aliphatic carbocycles. The van der Waals surface area contributed by atoms with Crippen LogP contribution in [-0.2, 0) is 29.0 Å². The lowest BCUT2D eigenvalue weighted by atomic mass is 9.43. The maximum Gasteiger partial charge on any atom is 0.397 e. The minimum Gasteiger partial charge on any atom is -0.479 e. The van der Waals surface area contributed by atoms with Crippen LogP contribution in [0.15, 0.2) is 36.4 Å². The number of carboxylic acids is 2. The largest absolute Gasteiger partial charge is 0.479 e. The van der Waals surface area contributed by atoms with E-state index in [1.54, 1.807) is 11.1 Å². The Kier molecular flexibility index (Phi) is 28.8. The van der Waals surface area contributed by atoms with Gasteiger partial charge in [-0.3, -0.25) is 9.35 Å². The lowest BCUT2D eigenvalue weighted by Gasteiger charge is -2.62. The van der Waals surface area contributed by atoms with Crippen LogP contribution in [-0.4, -0.2) is 155 Å². The Morgan fingerprint density at radius 2 is 1.32 bits per heavy atom. The van der Waals surface area contributed by atoms with E-state index < -0.39 is 52.7 Å². The highest BCUT2D eigenvalue weighted by atomic mass is 32.3. The first-order valence-electron chi connectivity index (χ1n) is 35.7. The number of nitrogens with zero attached hydrogens (tertiary/aromatic N) is 3. The first-order chi connectivity index (χ1) is 44.3. The van der Waals surface area contributed by atoms with Crippen LogP contribution < -0.4 is 27.0 Å². The number of nitrogens with two attached hydrogens (primary N) is 1. The van der Waals surface area contributed by atoms with E-state index in [4.69, 9.17) is 40.9 Å². The Balaban J connectivity index is 0.000000214. The van der Waals surface area contributed by atoms with E-state index >= 15 is 0 Å². The van der Waals surface area contributed by atoms with Gasteiger partial charge in [0.15, 0.2) is 12.2 Å². The van der Waals surface area contributed by atoms with Gasteiger partial charge in [-0.2, -0.15) is 18.9 Å². The standard InChI is InChI=1S/C38H73N3O5S.C15H22N4O.C15H15N.C4H6O6/c1-27(2)35(46-47(43,44)45)16-13-28(3)31-14-15-32-36-33(18-20-38(31,32)5)37(4)19-17-30(25-29(37)26-34(36)42)41-24-12-23-40-22-11-9-7-6-8-10-21-39;1-2-15(7-3-4-8-15)18-11-14(20)19-12(9-16)5-6-13(19)10-17;1-2-4-11-7-15-13-5-12(8-16-9-13)14(15)6-10(11)3-1;5-1(3(7)8)2(6)4(9)10/h27-36,40-42H,6-26,39H2,1-5H3,(H,43,44,45);12-13,18H,2-8,11H2,1H3;1-4,6-7,12-13,16H,5,8-9H2;1-2,5-6H,(H,7,8)(H,9,10)/t28-,29-,30+,31-,32+,33+,34-,35-,36+,37+,38-;2*12-,13+;1-,2-/m1..1/s1. The summed E-state index contributed by atoms with van der Waals surface area (Å²) in [5.41, 5.74) is 9.42. The molecular weight excluding hydrogens is 1200 g/mol. The van der Waals surface area contributed by atoms with Gasteiger partial charge in [0.1, 0.15) is 12.1 Å². The summed E-state index contributed by atoms with van der Waals surface area (Å²) in [6.07, 6.45) is 23.0. The molecule has 8 aliphatic rings. The van der Waals surface area contributed by atoms with Crippen molar-refractivity contribution in [3.8, 4) is 12.1 Å². The average Bonchev–Trinajstić information content (AvgIpc) is 1.70. The number of hydrogen-bond acceptors (Lipinski definition) is 16. The first-order valence-corrected chi connectivity index (χ1v) is 37.1. The van der Waals surface area contributed by atoms with E-state index in [9.17, 15) is 32.5 Å². The van der Waals surface area contributed by atoms with Gasteiger partial charge in [-0.1, -0.05) is 116 Å². The third-order valence-electron chi connectivity index (χ3n) is 23.9. The van der Waals surface area contributed by atoms with Crippen LogP contribution in [0.1, 0.15) is 225 Å². The fourth-order valence-corrected chi connectivity index (χ4v) is 19.2. The second-order valence-corrected chi connectivity index (χ2v) is 30.9. The van der Waals surface area contributed by atoms with Crippen molar-refractivity contribution in [1.82, 2.24) is 26.2 Å². The van der Waals surface area contributed by atoms with E-state index in [0.717, 1.165) is 70.1 Å². The maximum atomic E-state index is 12.4. The molecule has 0 radical (unpaired) electrons. The molecule has 0 spiro atoms. The van der Waals surface area contributed by atoms with Crippen LogP contribution in [0.3, 0.4) is 0 Å². The zero-order valence-corrected chi connectivity index (χ0v) is 57.6. The van der Waals surface area contributed by atoms with Gasteiger partial charge in [0, 0.05) is 24.7 Å². The molecule has 522 valence electrons. The Morgan fingerprint density at radius 1 is 0.753 bits per heavy atom. The SMILES string of the molecule is CC(C)[C@@H](CC[C@@H](C)[C@H]1CC[C@H]2[C@@H]3[C@H](O)C[C@H]4C[C@@H](NCCCNCCCCCCCCN)CC[C@]4(C)[C@H]3CC[C@]12C)OS(=O)(=O)O.CCC1(NCC(=O)N2[C@H](C#N)CC[C@@H]2C#N)CCCC1.O=C(O)[C@H](O)[C@@H](O)C(=O)O.c1ccc2cc3c(cc2c1)[C@@H]1CNC[C@H]3C1. The van der Waals surface area contributed by atoms with Crippen molar-refractivity contribution < 1.29 is 57.1 Å². The van der Waals surface area contributed by atoms with Crippen LogP contribution in [0, 0.1) is 74.9 Å². The van der Waals surface area contributed by atoms with E-state index in [1.165, 1.54) is 138 Å². The molecule has 12 N–H and O–H groups in total. The molecular formula is C72H116N8O12S. The highest BCUT2D eigenvalue weighted by Gasteiger charge is 2.63. The summed E-state index contributed by atoms with van der Waals surface area (Å²) in [5, 5.41) is 79.8. The van der Waals surface area contributed by atoms with E-state index in [0.29, 0.717) is 66.2 Å². The molecule has 93 heavy (non-hydrogen) atoms. The molecule has 2 bridgehead atoms. The van der Waals surface area contributed by atoms with Gasteiger partial charge in [-0.25, -0.2) is 13.8 Å². The smallest absolute Gasteiger partial charge is 0.397 e. The highest BCUT2D eigenvalue weighted by molar-refractivity contribution is 7.80. The van der Waals surface area contributed by atoms with Crippen molar-refractivity contribution in [3.05, 3.63) is 47.5 Å². The molecule has 2 heterocycles. The maximum absolute atomic E-state index is 12.4. The summed E-state index contributed by atoms with van der Waals surface area (Å²) < 4.78 is 37.2. The summed E-state index contributed by atoms with van der Waals surface area (Å²) in [5.74, 6) is 1.10. The number of carbonyl (C=O) groups is 3. The third-order valence-corrected chi connectivity index (χ3v) is 24.4. The normalized spacial score (nSPS) is 31.0. The summed E-state index contributed by atoms with van der Waals surface area (Å²) in [6.45, 7) is 20.2. The number of nitrogens with one attached hydrogen (secondary N) is 4. The van der Waals surface area contributed by atoms with Crippen LogP contribution in [0.4, 0.5) is 0 Å². The Bertz CT molecular complexity index is 2830. The average molecular weight is 1320 g/mol. The number of fused-ring (bicyclic) bond motifs is 11. The number of carbonyl (C=O) groups excluding carboxylic acids is 1. The van der Waals surface area contributed by atoms with Gasteiger partial charge < -0.3 is 57.4 Å². The van der Waals surface area contributed by atoms with Crippen molar-refractivity contribution in [2.24, 2.45) is 58.0 Å². The molecule has 20 nitrogen and oxygen atoms in total. The molecule has 2 aliphatic heterocycles. The number of unbranched alkanes of at least 4 members (excludes halogenated alkanes) is 5. The fraction of sp³-hybridized carbons (Fsp3) is 0.792. The number of carboxylic acid groups (broad SMARTS) is 2. The summed E-state index contributed by atoms with van der Waals surface area (Å²) in [7, 11) is -4.46. The molecule has 0 aromatic heterocycles. The third kappa shape index (κ3) is 19.7. The van der Waals surface area contributed by atoms with Crippen molar-refractivity contribution in [3.63, 3.8) is 0 Å². The van der Waals surface area contributed by atoms with Crippen molar-refractivity contribution in [2.75, 3.05) is 45.8 Å². The van der Waals surface area contributed by atoms with E-state index in [1.807, 2.05) is 13.8 Å². The topological polar surface area (TPSA) is 341 Å². The van der Waals surface area contributed by atoms with Gasteiger partial charge in [0.2, 0.25) is 5.91 Å². The predicted octanol–water partition coefficient (Wildman–Crippen LogP) is 9.71. The van der Waals surface area contributed by atoms with E-state index in [2.05, 4.69) is 97.5 Å². The molecule has 5 saturated carbocycles. The minimum atomic E-state index is -4.46. The first kappa shape index (κ1) is 76.0. The number of rotatable bonds is 27. The van der Waals surface area contributed by atoms with Crippen LogP contribution in [0.5, 0.6) is 0 Å². The van der Waals surface area contributed by atoms with Crippen molar-refractivity contribution in [1.29, 1.82) is 10.5 Å². The number of likely N-dealkylation sites (tertiary alicyclic amines) is 1. The second-order valence-electron chi connectivity index (χ2n) is 29.9. The molecule has 2 saturated heterocycles. The number of hydrogen-bond donors (Lipinski definition) is 11. The Morgan fingerprint density at radius 3 is 1.88 bits per heavy atom. The van der Waals surface area contributed by atoms with Crippen LogP contribution in [0.25, 0.3) is 10.8 Å². The number of aliphatic hydroxyl groups excluding tert-OH is 3. The molecule has 2 aromatic carbocycles. The molecule has 2 aromatic rings. The number of benzene rings is 2. The number of nitriles is 2. The molecule has 17 atom stereocenters. The van der Waals surface area contributed by atoms with E-state index in [-0.39, 0.29) is 35.4 Å². The van der Waals surface area contributed by atoms with Crippen LogP contribution >= 0.6 is 0 Å². The lowest BCUT2D eigenvalue weighted by molar-refractivity contribution is -0.167. The molecule has 10 rings (SSSR count). The zero-order chi connectivity index (χ0) is 67.7. The second kappa shape index (κ2) is 35.2. The number of aliphatic hydroxyl groups is 3. The zero-order valence-electron chi connectivity index (χ0n) is 56.8. The van der Waals surface area contributed by atoms with Crippen LogP contribution in [0.2, 0.25) is 0 Å². The van der Waals surface area contributed by atoms with Gasteiger partial charge in [0.05, 0.1) is 30.9 Å². The summed E-state index contributed by atoms with van der Waals surface area (Å²) in [4.78, 5) is 33.4. The van der Waals surface area contributed by atoms with Crippen molar-refractivity contribution in [2.45, 2.75) is 262 Å². The monoisotopic (exact) mass is 1320 g/mol. The van der Waals surface area contributed by atoms with Crippen molar-refractivity contribution >= 4 is 39.0 Å². The number of aliphatic carboxylic acids is 2. The quantitative estimate of drug-likeness (QED) is 0.0293. The summed E-state index contributed by atoms with van der Waals surface area (Å²) in [6, 6.07) is 17.5. The fourth-order valence-electron chi connectivity index (χ4n) is 18.5. The Hall–Kier alpha value is -4.36. The summed E-state index contributed by atoms with van der Waals surface area (Å²) >= 11 is 0. The molecule has 1 amide bonds. The molecule has 0 unspecified atom stereocenters. The van der Waals surface area contributed by atoms with Gasteiger partial charge in [-0.15, -0.1) is 0 Å². The minimum absolute atomic E-state index is 0.0154. The lowest BCUT2D eigenvalue weighted by Crippen LogP contribution is -2.59. The predicted molar refractivity (Wildman–Crippen MR) is 361 cm³/mol. The highest BCUT2D eigenvalue weighted by Crippen LogP contribution is 2.68. The van der Waals surface area contributed by atoms with Gasteiger partial charge in [-0.05, 0) is 234 Å². The van der Waals surface area contributed by atoms with Gasteiger partial charge in [0.25, 0.3) is 0 Å². The number of amides is 1. The Labute approximate surface area is 555 Å². The van der Waals surface area contributed by atoms with Gasteiger partial charge >= 0.3 is 22.3 Å².